The highest BCUT2D eigenvalue weighted by molar-refractivity contribution is 6.03. The van der Waals surface area contributed by atoms with Crippen molar-refractivity contribution in [1.29, 1.82) is 0 Å². The summed E-state index contributed by atoms with van der Waals surface area (Å²) in [5.41, 5.74) is -1.36. The molecular weight excluding hydrogens is 212 g/mol. The molecule has 0 unspecified atom stereocenters. The van der Waals surface area contributed by atoms with E-state index in [2.05, 4.69) is 4.74 Å². The van der Waals surface area contributed by atoms with E-state index in [1.54, 1.807) is 20.8 Å². The van der Waals surface area contributed by atoms with Crippen LogP contribution in [0.5, 0.6) is 0 Å². The molecule has 0 amide bonds. The first-order valence-electron chi connectivity index (χ1n) is 5.34. The van der Waals surface area contributed by atoms with Crippen molar-refractivity contribution in [3.8, 4) is 0 Å². The highest BCUT2D eigenvalue weighted by atomic mass is 16.6. The summed E-state index contributed by atoms with van der Waals surface area (Å²) >= 11 is 0. The van der Waals surface area contributed by atoms with E-state index < -0.39 is 23.3 Å². The van der Waals surface area contributed by atoms with Gasteiger partial charge in [-0.25, -0.2) is 0 Å². The molecule has 0 aliphatic rings. The van der Waals surface area contributed by atoms with Crippen molar-refractivity contribution in [2.24, 2.45) is 5.41 Å². The number of hydrogen-bond acceptors (Lipinski definition) is 5. The summed E-state index contributed by atoms with van der Waals surface area (Å²) in [6.07, 6.45) is 0.489. The van der Waals surface area contributed by atoms with Crippen LogP contribution in [0.4, 0.5) is 0 Å². The van der Waals surface area contributed by atoms with Crippen molar-refractivity contribution in [2.75, 3.05) is 6.61 Å². The van der Waals surface area contributed by atoms with Gasteiger partial charge in [0.1, 0.15) is 0 Å². The predicted molar refractivity (Wildman–Crippen MR) is 56.4 cm³/mol. The molecule has 0 atom stereocenters. The maximum Gasteiger partial charge on any atom is 0.331 e. The van der Waals surface area contributed by atoms with Gasteiger partial charge in [-0.3, -0.25) is 14.4 Å². The second-order valence-electron chi connectivity index (χ2n) is 3.39. The van der Waals surface area contributed by atoms with Gasteiger partial charge in [-0.05, 0) is 19.8 Å². The minimum atomic E-state index is -1.36. The molecular formula is C11H18O5. The summed E-state index contributed by atoms with van der Waals surface area (Å²) < 4.78 is 9.33. The molecule has 0 N–H and O–H groups in total. The molecule has 5 heteroatoms. The molecule has 0 fully saturated rings. The lowest BCUT2D eigenvalue weighted by atomic mass is 9.82. The number of carbonyl (C=O) groups is 3. The van der Waals surface area contributed by atoms with E-state index in [1.165, 1.54) is 0 Å². The molecule has 0 aromatic carbocycles. The number of esters is 3. The van der Waals surface area contributed by atoms with Crippen LogP contribution in [0.25, 0.3) is 0 Å². The van der Waals surface area contributed by atoms with Crippen molar-refractivity contribution in [2.45, 2.75) is 40.5 Å². The Morgan fingerprint density at radius 3 is 1.81 bits per heavy atom. The summed E-state index contributed by atoms with van der Waals surface area (Å²) in [5.74, 6) is -2.18. The molecule has 0 heterocycles. The molecule has 0 aliphatic carbocycles. The summed E-state index contributed by atoms with van der Waals surface area (Å²) in [5, 5.41) is 0. The zero-order valence-electron chi connectivity index (χ0n) is 10.2. The van der Waals surface area contributed by atoms with Crippen LogP contribution >= 0.6 is 0 Å². The second kappa shape index (κ2) is 6.25. The first-order chi connectivity index (χ1) is 7.44. The highest BCUT2D eigenvalue weighted by Gasteiger charge is 2.46. The standard InChI is InChI=1S/C11H18O5/c1-5-11(6-2,9(13)15-7-3)10(14)16-8(4)12/h5-7H2,1-4H3. The van der Waals surface area contributed by atoms with Crippen molar-refractivity contribution in [3.63, 3.8) is 0 Å². The first-order valence-corrected chi connectivity index (χ1v) is 5.34. The van der Waals surface area contributed by atoms with Crippen LogP contribution in [-0.4, -0.2) is 24.5 Å². The summed E-state index contributed by atoms with van der Waals surface area (Å²) in [6, 6.07) is 0. The van der Waals surface area contributed by atoms with E-state index in [4.69, 9.17) is 4.74 Å². The summed E-state index contributed by atoms with van der Waals surface area (Å²) in [7, 11) is 0. The Bertz CT molecular complexity index is 278. The van der Waals surface area contributed by atoms with E-state index in [0.717, 1.165) is 6.92 Å². The van der Waals surface area contributed by atoms with E-state index in [9.17, 15) is 14.4 Å². The fraction of sp³-hybridized carbons (Fsp3) is 0.727. The lowest BCUT2D eigenvalue weighted by molar-refractivity contribution is -0.176. The average molecular weight is 230 g/mol. The number of carbonyl (C=O) groups excluding carboxylic acids is 3. The number of ether oxygens (including phenoxy) is 2. The van der Waals surface area contributed by atoms with Gasteiger partial charge >= 0.3 is 17.9 Å². The van der Waals surface area contributed by atoms with Gasteiger partial charge in [-0.1, -0.05) is 13.8 Å². The molecule has 0 aromatic heterocycles. The van der Waals surface area contributed by atoms with Crippen molar-refractivity contribution < 1.29 is 23.9 Å². The minimum absolute atomic E-state index is 0.188. The monoisotopic (exact) mass is 230 g/mol. The van der Waals surface area contributed by atoms with Gasteiger partial charge in [0.25, 0.3) is 0 Å². The van der Waals surface area contributed by atoms with Crippen LogP contribution in [-0.2, 0) is 23.9 Å². The molecule has 0 bridgehead atoms. The molecule has 0 radical (unpaired) electrons. The smallest absolute Gasteiger partial charge is 0.331 e. The van der Waals surface area contributed by atoms with Gasteiger partial charge < -0.3 is 9.47 Å². The van der Waals surface area contributed by atoms with Gasteiger partial charge in [-0.2, -0.15) is 0 Å². The van der Waals surface area contributed by atoms with Gasteiger partial charge in [0.05, 0.1) is 6.61 Å². The second-order valence-corrected chi connectivity index (χ2v) is 3.39. The van der Waals surface area contributed by atoms with Crippen LogP contribution < -0.4 is 0 Å². The largest absolute Gasteiger partial charge is 0.465 e. The Kier molecular flexibility index (Phi) is 5.71. The Labute approximate surface area is 95.1 Å². The average Bonchev–Trinajstić information content (AvgIpc) is 2.19. The van der Waals surface area contributed by atoms with E-state index in [0.29, 0.717) is 0 Å². The van der Waals surface area contributed by atoms with Crippen LogP contribution in [0.1, 0.15) is 40.5 Å². The van der Waals surface area contributed by atoms with Crippen LogP contribution in [0.2, 0.25) is 0 Å². The maximum absolute atomic E-state index is 11.7. The summed E-state index contributed by atoms with van der Waals surface area (Å²) in [6.45, 7) is 6.33. The zero-order valence-corrected chi connectivity index (χ0v) is 10.2. The third-order valence-electron chi connectivity index (χ3n) is 2.50. The van der Waals surface area contributed by atoms with Crippen molar-refractivity contribution in [3.05, 3.63) is 0 Å². The van der Waals surface area contributed by atoms with Crippen LogP contribution in [0.3, 0.4) is 0 Å². The van der Waals surface area contributed by atoms with Gasteiger partial charge in [-0.15, -0.1) is 0 Å². The Balaban J connectivity index is 5.00. The number of rotatable bonds is 5. The maximum atomic E-state index is 11.7. The fourth-order valence-electron chi connectivity index (χ4n) is 1.41. The van der Waals surface area contributed by atoms with E-state index in [1.807, 2.05) is 0 Å². The molecule has 5 nitrogen and oxygen atoms in total. The van der Waals surface area contributed by atoms with Gasteiger partial charge in [0, 0.05) is 6.92 Å². The minimum Gasteiger partial charge on any atom is -0.465 e. The van der Waals surface area contributed by atoms with E-state index >= 15 is 0 Å². The Morgan fingerprint density at radius 2 is 1.50 bits per heavy atom. The highest BCUT2D eigenvalue weighted by Crippen LogP contribution is 2.30. The molecule has 0 aromatic rings. The lowest BCUT2D eigenvalue weighted by Gasteiger charge is -2.25. The molecule has 0 aliphatic heterocycles. The van der Waals surface area contributed by atoms with Gasteiger partial charge in [0.15, 0.2) is 5.41 Å². The molecule has 0 saturated carbocycles. The first kappa shape index (κ1) is 14.6. The molecule has 16 heavy (non-hydrogen) atoms. The van der Waals surface area contributed by atoms with Gasteiger partial charge in [0.2, 0.25) is 0 Å². The van der Waals surface area contributed by atoms with E-state index in [-0.39, 0.29) is 19.4 Å². The number of hydrogen-bond donors (Lipinski definition) is 0. The fourth-order valence-corrected chi connectivity index (χ4v) is 1.41. The van der Waals surface area contributed by atoms with Crippen LogP contribution in [0.15, 0.2) is 0 Å². The SMILES string of the molecule is CCOC(=O)C(CC)(CC)C(=O)OC(C)=O. The molecule has 92 valence electrons. The Hall–Kier alpha value is -1.39. The topological polar surface area (TPSA) is 69.7 Å². The molecule has 0 spiro atoms. The predicted octanol–water partition coefficient (Wildman–Crippen LogP) is 1.45. The van der Waals surface area contributed by atoms with Crippen molar-refractivity contribution >= 4 is 17.9 Å². The normalized spacial score (nSPS) is 10.8. The van der Waals surface area contributed by atoms with Crippen molar-refractivity contribution in [1.82, 2.24) is 0 Å². The zero-order chi connectivity index (χ0) is 12.8. The van der Waals surface area contributed by atoms with Crippen LogP contribution in [0, 0.1) is 5.41 Å². The quantitative estimate of drug-likeness (QED) is 0.528. The third-order valence-corrected chi connectivity index (χ3v) is 2.50. The molecule has 0 rings (SSSR count). The molecule has 0 saturated heterocycles. The Morgan fingerprint density at radius 1 is 1.00 bits per heavy atom. The lowest BCUT2D eigenvalue weighted by Crippen LogP contribution is -2.41. The summed E-state index contributed by atoms with van der Waals surface area (Å²) in [4.78, 5) is 34.1. The third kappa shape index (κ3) is 3.05.